The first-order valence-electron chi connectivity index (χ1n) is 4.33. The summed E-state index contributed by atoms with van der Waals surface area (Å²) in [6.07, 6.45) is 0.697. The SMILES string of the molecule is CCc1nc(Br)c2cccc(F)c2n1. The highest BCUT2D eigenvalue weighted by atomic mass is 79.9. The van der Waals surface area contributed by atoms with Crippen molar-refractivity contribution in [1.82, 2.24) is 9.97 Å². The van der Waals surface area contributed by atoms with E-state index >= 15 is 0 Å². The molecule has 0 aliphatic carbocycles. The van der Waals surface area contributed by atoms with Crippen molar-refractivity contribution in [2.45, 2.75) is 13.3 Å². The van der Waals surface area contributed by atoms with Gasteiger partial charge in [-0.1, -0.05) is 13.0 Å². The summed E-state index contributed by atoms with van der Waals surface area (Å²) in [6, 6.07) is 4.85. The first kappa shape index (κ1) is 9.52. The van der Waals surface area contributed by atoms with Crippen LogP contribution in [0.15, 0.2) is 22.8 Å². The third-order valence-corrected chi connectivity index (χ3v) is 2.60. The van der Waals surface area contributed by atoms with Gasteiger partial charge in [0.25, 0.3) is 0 Å². The molecule has 0 bridgehead atoms. The number of rotatable bonds is 1. The Hall–Kier alpha value is -1.03. The number of benzene rings is 1. The molecule has 1 heterocycles. The molecule has 0 spiro atoms. The van der Waals surface area contributed by atoms with Crippen LogP contribution in [0.3, 0.4) is 0 Å². The topological polar surface area (TPSA) is 25.8 Å². The van der Waals surface area contributed by atoms with Crippen molar-refractivity contribution in [2.75, 3.05) is 0 Å². The molecular weight excluding hydrogens is 247 g/mol. The molecule has 0 aliphatic heterocycles. The van der Waals surface area contributed by atoms with Gasteiger partial charge < -0.3 is 0 Å². The van der Waals surface area contributed by atoms with E-state index < -0.39 is 0 Å². The Bertz CT molecular complexity index is 485. The molecule has 1 aromatic carbocycles. The molecule has 0 atom stereocenters. The Labute approximate surface area is 89.3 Å². The summed E-state index contributed by atoms with van der Waals surface area (Å²) in [7, 11) is 0. The number of aryl methyl sites for hydroxylation is 1. The van der Waals surface area contributed by atoms with Crippen molar-refractivity contribution in [3.05, 3.63) is 34.4 Å². The van der Waals surface area contributed by atoms with Gasteiger partial charge >= 0.3 is 0 Å². The second kappa shape index (κ2) is 3.61. The molecule has 4 heteroatoms. The molecule has 2 rings (SSSR count). The van der Waals surface area contributed by atoms with Gasteiger partial charge in [-0.25, -0.2) is 14.4 Å². The van der Waals surface area contributed by atoms with Crippen LogP contribution in [0.4, 0.5) is 4.39 Å². The highest BCUT2D eigenvalue weighted by Crippen LogP contribution is 2.22. The maximum Gasteiger partial charge on any atom is 0.149 e. The lowest BCUT2D eigenvalue weighted by atomic mass is 10.2. The normalized spacial score (nSPS) is 10.8. The number of halogens is 2. The second-order valence-corrected chi connectivity index (χ2v) is 3.67. The van der Waals surface area contributed by atoms with E-state index in [-0.39, 0.29) is 5.82 Å². The van der Waals surface area contributed by atoms with E-state index in [0.29, 0.717) is 27.8 Å². The van der Waals surface area contributed by atoms with E-state index in [1.807, 2.05) is 6.92 Å². The summed E-state index contributed by atoms with van der Waals surface area (Å²) in [6.45, 7) is 1.94. The van der Waals surface area contributed by atoms with Crippen LogP contribution < -0.4 is 0 Å². The van der Waals surface area contributed by atoms with Crippen LogP contribution in [0.5, 0.6) is 0 Å². The summed E-state index contributed by atoms with van der Waals surface area (Å²) in [5.74, 6) is 0.342. The maximum absolute atomic E-state index is 13.4. The average Bonchev–Trinajstić information content (AvgIpc) is 2.19. The van der Waals surface area contributed by atoms with Crippen LogP contribution in [0.2, 0.25) is 0 Å². The van der Waals surface area contributed by atoms with Gasteiger partial charge in [0.05, 0.1) is 0 Å². The minimum Gasteiger partial charge on any atom is -0.230 e. The first-order valence-corrected chi connectivity index (χ1v) is 5.12. The maximum atomic E-state index is 13.4. The van der Waals surface area contributed by atoms with Gasteiger partial charge in [-0.3, -0.25) is 0 Å². The number of nitrogens with zero attached hydrogens (tertiary/aromatic N) is 2. The Morgan fingerprint density at radius 2 is 2.14 bits per heavy atom. The molecule has 1 aromatic heterocycles. The number of fused-ring (bicyclic) bond motifs is 1. The first-order chi connectivity index (χ1) is 6.72. The van der Waals surface area contributed by atoms with Crippen LogP contribution in [0.1, 0.15) is 12.7 Å². The molecule has 2 nitrogen and oxygen atoms in total. The van der Waals surface area contributed by atoms with Crippen molar-refractivity contribution in [3.8, 4) is 0 Å². The number of hydrogen-bond donors (Lipinski definition) is 0. The summed E-state index contributed by atoms with van der Waals surface area (Å²) in [5.41, 5.74) is 0.381. The zero-order valence-electron chi connectivity index (χ0n) is 7.59. The number of hydrogen-bond acceptors (Lipinski definition) is 2. The van der Waals surface area contributed by atoms with Gasteiger partial charge in [0.15, 0.2) is 0 Å². The van der Waals surface area contributed by atoms with E-state index in [0.717, 1.165) is 0 Å². The van der Waals surface area contributed by atoms with E-state index in [4.69, 9.17) is 0 Å². The van der Waals surface area contributed by atoms with Gasteiger partial charge in [-0.15, -0.1) is 0 Å². The monoisotopic (exact) mass is 254 g/mol. The van der Waals surface area contributed by atoms with Gasteiger partial charge in [-0.05, 0) is 28.1 Å². The minimum atomic E-state index is -0.305. The van der Waals surface area contributed by atoms with Crippen LogP contribution in [0.25, 0.3) is 10.9 Å². The van der Waals surface area contributed by atoms with Crippen molar-refractivity contribution in [2.24, 2.45) is 0 Å². The minimum absolute atomic E-state index is 0.305. The molecular formula is C10H8BrFN2. The largest absolute Gasteiger partial charge is 0.230 e. The highest BCUT2D eigenvalue weighted by molar-refractivity contribution is 9.10. The molecule has 0 fully saturated rings. The van der Waals surface area contributed by atoms with Gasteiger partial charge in [-0.2, -0.15) is 0 Å². The van der Waals surface area contributed by atoms with Gasteiger partial charge in [0, 0.05) is 11.8 Å². The molecule has 0 unspecified atom stereocenters. The summed E-state index contributed by atoms with van der Waals surface area (Å²) < 4.78 is 14.0. The lowest BCUT2D eigenvalue weighted by Crippen LogP contribution is -1.96. The quantitative estimate of drug-likeness (QED) is 0.732. The highest BCUT2D eigenvalue weighted by Gasteiger charge is 2.07. The fraction of sp³-hybridized carbons (Fsp3) is 0.200. The number of aromatic nitrogens is 2. The molecule has 0 N–H and O–H groups in total. The molecule has 0 aliphatic rings. The van der Waals surface area contributed by atoms with Crippen molar-refractivity contribution in [3.63, 3.8) is 0 Å². The van der Waals surface area contributed by atoms with Crippen LogP contribution in [0, 0.1) is 5.82 Å². The van der Waals surface area contributed by atoms with E-state index in [1.54, 1.807) is 12.1 Å². The fourth-order valence-electron chi connectivity index (χ4n) is 1.28. The molecule has 0 saturated carbocycles. The molecule has 0 amide bonds. The smallest absolute Gasteiger partial charge is 0.149 e. The van der Waals surface area contributed by atoms with Crippen molar-refractivity contribution < 1.29 is 4.39 Å². The third kappa shape index (κ3) is 1.50. The lowest BCUT2D eigenvalue weighted by molar-refractivity contribution is 0.635. The van der Waals surface area contributed by atoms with Gasteiger partial charge in [0.2, 0.25) is 0 Å². The van der Waals surface area contributed by atoms with Crippen LogP contribution >= 0.6 is 15.9 Å². The lowest BCUT2D eigenvalue weighted by Gasteiger charge is -2.02. The summed E-state index contributed by atoms with van der Waals surface area (Å²) in [5, 5.41) is 0.710. The van der Waals surface area contributed by atoms with E-state index in [9.17, 15) is 4.39 Å². The Kier molecular flexibility index (Phi) is 2.46. The zero-order valence-corrected chi connectivity index (χ0v) is 9.18. The van der Waals surface area contributed by atoms with Crippen LogP contribution in [-0.2, 0) is 6.42 Å². The third-order valence-electron chi connectivity index (χ3n) is 1.99. The second-order valence-electron chi connectivity index (χ2n) is 2.92. The Morgan fingerprint density at radius 3 is 2.86 bits per heavy atom. The molecule has 0 saturated heterocycles. The standard InChI is InChI=1S/C10H8BrFN2/c1-2-8-13-9-6(10(11)14-8)4-3-5-7(9)12/h3-5H,2H2,1H3. The molecule has 0 radical (unpaired) electrons. The molecule has 2 aromatic rings. The van der Waals surface area contributed by atoms with Crippen molar-refractivity contribution in [1.29, 1.82) is 0 Å². The van der Waals surface area contributed by atoms with Crippen LogP contribution in [-0.4, -0.2) is 9.97 Å². The Morgan fingerprint density at radius 1 is 1.36 bits per heavy atom. The average molecular weight is 255 g/mol. The molecule has 72 valence electrons. The van der Waals surface area contributed by atoms with E-state index in [1.165, 1.54) is 6.07 Å². The predicted molar refractivity (Wildman–Crippen MR) is 56.6 cm³/mol. The summed E-state index contributed by atoms with van der Waals surface area (Å²) >= 11 is 3.30. The van der Waals surface area contributed by atoms with Gasteiger partial charge in [0.1, 0.15) is 21.8 Å². The molecule has 14 heavy (non-hydrogen) atoms. The van der Waals surface area contributed by atoms with Crippen molar-refractivity contribution >= 4 is 26.8 Å². The zero-order chi connectivity index (χ0) is 10.1. The predicted octanol–water partition coefficient (Wildman–Crippen LogP) is 3.09. The number of para-hydroxylation sites is 1. The van der Waals surface area contributed by atoms with E-state index in [2.05, 4.69) is 25.9 Å². The summed E-state index contributed by atoms with van der Waals surface area (Å²) in [4.78, 5) is 8.34. The fourth-order valence-corrected chi connectivity index (χ4v) is 1.81. The Balaban J connectivity index is 2.83.